The Hall–Kier alpha value is -2.80. The van der Waals surface area contributed by atoms with E-state index >= 15 is 0 Å². The van der Waals surface area contributed by atoms with Gasteiger partial charge in [0.05, 0.1) is 10.6 Å². The van der Waals surface area contributed by atoms with Crippen molar-refractivity contribution in [3.05, 3.63) is 70.0 Å². The van der Waals surface area contributed by atoms with Crippen LogP contribution >= 0.6 is 0 Å². The van der Waals surface area contributed by atoms with Gasteiger partial charge in [-0.2, -0.15) is 0 Å². The Balaban J connectivity index is 1.51. The van der Waals surface area contributed by atoms with Crippen molar-refractivity contribution in [1.82, 2.24) is 15.2 Å². The lowest BCUT2D eigenvalue weighted by molar-refractivity contribution is -0.384. The molecule has 2 aromatic rings. The highest BCUT2D eigenvalue weighted by atomic mass is 16.6. The lowest BCUT2D eigenvalue weighted by Gasteiger charge is -2.32. The van der Waals surface area contributed by atoms with E-state index in [1.807, 2.05) is 18.2 Å². The number of nitrogens with zero attached hydrogens (tertiary/aromatic N) is 3. The molecule has 0 radical (unpaired) electrons. The molecule has 0 spiro atoms. The molecule has 130 valence electrons. The molecule has 0 aliphatic carbocycles. The van der Waals surface area contributed by atoms with Crippen LogP contribution in [0.5, 0.6) is 0 Å². The molecule has 2 heterocycles. The Bertz CT molecular complexity index is 743. The summed E-state index contributed by atoms with van der Waals surface area (Å²) in [7, 11) is 0. The maximum absolute atomic E-state index is 12.3. The van der Waals surface area contributed by atoms with E-state index in [0.717, 1.165) is 38.2 Å². The van der Waals surface area contributed by atoms with E-state index < -0.39 is 4.92 Å². The fourth-order valence-corrected chi connectivity index (χ4v) is 2.99. The third-order valence-corrected chi connectivity index (χ3v) is 4.35. The number of piperidine rings is 1. The Labute approximate surface area is 145 Å². The smallest absolute Gasteiger partial charge is 0.270 e. The first kappa shape index (κ1) is 17.0. The second-order valence-corrected chi connectivity index (χ2v) is 6.15. The first-order chi connectivity index (χ1) is 12.1. The first-order valence-electron chi connectivity index (χ1n) is 8.29. The predicted molar refractivity (Wildman–Crippen MR) is 93.1 cm³/mol. The monoisotopic (exact) mass is 340 g/mol. The highest BCUT2D eigenvalue weighted by Gasteiger charge is 2.22. The molecule has 1 aromatic heterocycles. The number of carbonyl (C=O) groups excluding carboxylic acids is 1. The van der Waals surface area contributed by atoms with Crippen LogP contribution in [-0.2, 0) is 6.54 Å². The lowest BCUT2D eigenvalue weighted by atomic mass is 10.0. The summed E-state index contributed by atoms with van der Waals surface area (Å²) in [5.74, 6) is -0.258. The summed E-state index contributed by atoms with van der Waals surface area (Å²) in [5.41, 5.74) is 1.30. The van der Waals surface area contributed by atoms with Crippen molar-refractivity contribution in [2.45, 2.75) is 25.4 Å². The van der Waals surface area contributed by atoms with Gasteiger partial charge in [-0.25, -0.2) is 0 Å². The number of aromatic nitrogens is 1. The number of hydrogen-bond donors (Lipinski definition) is 1. The molecular formula is C18H20N4O3. The highest BCUT2D eigenvalue weighted by Crippen LogP contribution is 2.16. The van der Waals surface area contributed by atoms with Crippen LogP contribution in [0.3, 0.4) is 0 Å². The third-order valence-electron chi connectivity index (χ3n) is 4.35. The zero-order valence-electron chi connectivity index (χ0n) is 13.8. The highest BCUT2D eigenvalue weighted by molar-refractivity contribution is 5.95. The maximum Gasteiger partial charge on any atom is 0.270 e. The minimum Gasteiger partial charge on any atom is -0.349 e. The van der Waals surface area contributed by atoms with E-state index in [9.17, 15) is 14.9 Å². The molecule has 0 atom stereocenters. The van der Waals surface area contributed by atoms with Crippen molar-refractivity contribution in [3.8, 4) is 0 Å². The van der Waals surface area contributed by atoms with Crippen LogP contribution < -0.4 is 5.32 Å². The Morgan fingerprint density at radius 3 is 2.72 bits per heavy atom. The molecule has 1 N–H and O–H groups in total. The van der Waals surface area contributed by atoms with Crippen LogP contribution in [0, 0.1) is 10.1 Å². The number of carbonyl (C=O) groups is 1. The topological polar surface area (TPSA) is 88.4 Å². The molecular weight excluding hydrogens is 320 g/mol. The Morgan fingerprint density at radius 2 is 2.04 bits per heavy atom. The SMILES string of the molecule is O=C(NC1CCN(Cc2ccccn2)CC1)c1cccc([N+](=O)[O-])c1. The molecule has 3 rings (SSSR count). The normalized spacial score (nSPS) is 15.7. The molecule has 7 heteroatoms. The number of nitro groups is 1. The molecule has 1 amide bonds. The average molecular weight is 340 g/mol. The summed E-state index contributed by atoms with van der Waals surface area (Å²) in [6, 6.07) is 11.8. The summed E-state index contributed by atoms with van der Waals surface area (Å²) in [6.07, 6.45) is 3.50. The number of nitro benzene ring substituents is 1. The van der Waals surface area contributed by atoms with Crippen LogP contribution in [0.25, 0.3) is 0 Å². The van der Waals surface area contributed by atoms with Crippen LogP contribution in [0.1, 0.15) is 28.9 Å². The number of nitrogens with one attached hydrogen (secondary N) is 1. The molecule has 1 aromatic carbocycles. The number of pyridine rings is 1. The summed E-state index contributed by atoms with van der Waals surface area (Å²) < 4.78 is 0. The van der Waals surface area contributed by atoms with Gasteiger partial charge in [0.15, 0.2) is 0 Å². The van der Waals surface area contributed by atoms with Crippen LogP contribution in [0.4, 0.5) is 5.69 Å². The van der Waals surface area contributed by atoms with E-state index in [1.165, 1.54) is 18.2 Å². The van der Waals surface area contributed by atoms with Crippen LogP contribution in [0.2, 0.25) is 0 Å². The van der Waals surface area contributed by atoms with Gasteiger partial charge in [-0.1, -0.05) is 12.1 Å². The molecule has 0 saturated carbocycles. The van der Waals surface area contributed by atoms with E-state index in [0.29, 0.717) is 5.56 Å². The molecule has 7 nitrogen and oxygen atoms in total. The van der Waals surface area contributed by atoms with Crippen molar-refractivity contribution < 1.29 is 9.72 Å². The third kappa shape index (κ3) is 4.60. The van der Waals surface area contributed by atoms with Gasteiger partial charge in [-0.15, -0.1) is 0 Å². The van der Waals surface area contributed by atoms with Gasteiger partial charge in [-0.05, 0) is 31.0 Å². The summed E-state index contributed by atoms with van der Waals surface area (Å²) in [5, 5.41) is 13.8. The minimum absolute atomic E-state index is 0.0715. The molecule has 1 aliphatic heterocycles. The Kier molecular flexibility index (Phi) is 5.35. The summed E-state index contributed by atoms with van der Waals surface area (Å²) >= 11 is 0. The van der Waals surface area contributed by atoms with E-state index in [1.54, 1.807) is 12.3 Å². The average Bonchev–Trinajstić information content (AvgIpc) is 2.64. The number of benzene rings is 1. The van der Waals surface area contributed by atoms with Crippen LogP contribution in [0.15, 0.2) is 48.7 Å². The standard InChI is InChI=1S/C18H20N4O3/c23-18(14-4-3-6-17(12-14)22(24)25)20-15-7-10-21(11-8-15)13-16-5-1-2-9-19-16/h1-6,9,12,15H,7-8,10-11,13H2,(H,20,23). The quantitative estimate of drug-likeness (QED) is 0.667. The van der Waals surface area contributed by atoms with E-state index in [4.69, 9.17) is 0 Å². The largest absolute Gasteiger partial charge is 0.349 e. The van der Waals surface area contributed by atoms with Crippen molar-refractivity contribution in [2.75, 3.05) is 13.1 Å². The first-order valence-corrected chi connectivity index (χ1v) is 8.29. The van der Waals surface area contributed by atoms with Crippen molar-refractivity contribution >= 4 is 11.6 Å². The fourth-order valence-electron chi connectivity index (χ4n) is 2.99. The fraction of sp³-hybridized carbons (Fsp3) is 0.333. The number of likely N-dealkylation sites (tertiary alicyclic amines) is 1. The van der Waals surface area contributed by atoms with Crippen molar-refractivity contribution in [2.24, 2.45) is 0 Å². The van der Waals surface area contributed by atoms with Gasteiger partial charge in [0.25, 0.3) is 11.6 Å². The number of hydrogen-bond acceptors (Lipinski definition) is 5. The second-order valence-electron chi connectivity index (χ2n) is 6.15. The van der Waals surface area contributed by atoms with Gasteiger partial charge in [0.2, 0.25) is 0 Å². The second kappa shape index (κ2) is 7.85. The number of amides is 1. The van der Waals surface area contributed by atoms with Gasteiger partial charge < -0.3 is 5.32 Å². The number of non-ortho nitro benzene ring substituents is 1. The molecule has 0 bridgehead atoms. The molecule has 25 heavy (non-hydrogen) atoms. The Morgan fingerprint density at radius 1 is 1.24 bits per heavy atom. The number of rotatable bonds is 5. The van der Waals surface area contributed by atoms with Crippen LogP contribution in [-0.4, -0.2) is 39.8 Å². The lowest BCUT2D eigenvalue weighted by Crippen LogP contribution is -2.44. The van der Waals surface area contributed by atoms with Gasteiger partial charge in [0.1, 0.15) is 0 Å². The zero-order chi connectivity index (χ0) is 17.6. The van der Waals surface area contributed by atoms with Crippen molar-refractivity contribution in [3.63, 3.8) is 0 Å². The maximum atomic E-state index is 12.3. The molecule has 1 saturated heterocycles. The van der Waals surface area contributed by atoms with E-state index in [2.05, 4.69) is 15.2 Å². The summed E-state index contributed by atoms with van der Waals surface area (Å²) in [4.78, 5) is 29.3. The molecule has 1 fully saturated rings. The van der Waals surface area contributed by atoms with Gasteiger partial charge >= 0.3 is 0 Å². The van der Waals surface area contributed by atoms with E-state index in [-0.39, 0.29) is 17.6 Å². The van der Waals surface area contributed by atoms with Crippen molar-refractivity contribution in [1.29, 1.82) is 0 Å². The van der Waals surface area contributed by atoms with Gasteiger partial charge in [0, 0.05) is 49.6 Å². The minimum atomic E-state index is -0.493. The summed E-state index contributed by atoms with van der Waals surface area (Å²) in [6.45, 7) is 2.58. The zero-order valence-corrected chi connectivity index (χ0v) is 13.8. The molecule has 1 aliphatic rings. The molecule has 0 unspecified atom stereocenters. The van der Waals surface area contributed by atoms with Gasteiger partial charge in [-0.3, -0.25) is 24.8 Å². The predicted octanol–water partition coefficient (Wildman–Crippen LogP) is 2.38.